The van der Waals surface area contributed by atoms with Crippen LogP contribution in [0, 0.1) is 0 Å². The number of thiazole rings is 1. The fraction of sp³-hybridized carbons (Fsp3) is 0.333. The Morgan fingerprint density at radius 3 is 3.18 bits per heavy atom. The maximum atomic E-state index is 11.5. The van der Waals surface area contributed by atoms with Crippen LogP contribution in [0.15, 0.2) is 23.7 Å². The number of hydrogen-bond acceptors (Lipinski definition) is 5. The highest BCUT2D eigenvalue weighted by Crippen LogP contribution is 2.22. The third-order valence-electron chi connectivity index (χ3n) is 2.35. The largest absolute Gasteiger partial charge is 0.464 e. The van der Waals surface area contributed by atoms with Crippen LogP contribution in [-0.2, 0) is 9.53 Å². The van der Waals surface area contributed by atoms with Gasteiger partial charge in [0.1, 0.15) is 6.04 Å². The molecule has 0 fully saturated rings. The third kappa shape index (κ3) is 2.74. The highest BCUT2D eigenvalue weighted by Gasteiger charge is 2.13. The molecule has 0 aliphatic carbocycles. The van der Waals surface area contributed by atoms with Crippen molar-refractivity contribution in [3.8, 4) is 0 Å². The van der Waals surface area contributed by atoms with Gasteiger partial charge in [0.2, 0.25) is 0 Å². The molecule has 0 amide bonds. The van der Waals surface area contributed by atoms with Crippen molar-refractivity contribution in [2.24, 2.45) is 0 Å². The predicted octanol–water partition coefficient (Wildman–Crippen LogP) is 2.66. The van der Waals surface area contributed by atoms with Crippen molar-refractivity contribution in [3.63, 3.8) is 0 Å². The summed E-state index contributed by atoms with van der Waals surface area (Å²) < 4.78 is 6.04. The Kier molecular flexibility index (Phi) is 3.58. The zero-order chi connectivity index (χ0) is 12.3. The zero-order valence-electron chi connectivity index (χ0n) is 9.77. The quantitative estimate of drug-likeness (QED) is 0.848. The Balaban J connectivity index is 2.09. The molecule has 0 radical (unpaired) electrons. The van der Waals surface area contributed by atoms with Gasteiger partial charge in [-0.3, -0.25) is 0 Å². The molecule has 0 aliphatic rings. The van der Waals surface area contributed by atoms with Crippen LogP contribution in [0.4, 0.5) is 5.69 Å². The topological polar surface area (TPSA) is 51.2 Å². The lowest BCUT2D eigenvalue weighted by Gasteiger charge is -2.13. The molecule has 5 heteroatoms. The van der Waals surface area contributed by atoms with Crippen molar-refractivity contribution >= 4 is 33.2 Å². The minimum absolute atomic E-state index is 0.239. The normalized spacial score (nSPS) is 12.4. The van der Waals surface area contributed by atoms with Gasteiger partial charge in [-0.1, -0.05) is 0 Å². The van der Waals surface area contributed by atoms with Gasteiger partial charge in [-0.2, -0.15) is 0 Å². The monoisotopic (exact) mass is 250 g/mol. The molecule has 1 N–H and O–H groups in total. The van der Waals surface area contributed by atoms with Gasteiger partial charge in [-0.15, -0.1) is 11.3 Å². The fourth-order valence-corrected chi connectivity index (χ4v) is 2.24. The molecule has 0 aliphatic heterocycles. The Hall–Kier alpha value is -1.62. The number of esters is 1. The summed E-state index contributed by atoms with van der Waals surface area (Å²) in [6.07, 6.45) is 0. The highest BCUT2D eigenvalue weighted by molar-refractivity contribution is 7.16. The molecule has 1 aromatic heterocycles. The van der Waals surface area contributed by atoms with E-state index >= 15 is 0 Å². The van der Waals surface area contributed by atoms with Crippen molar-refractivity contribution in [1.29, 1.82) is 0 Å². The second-order valence-corrected chi connectivity index (χ2v) is 4.54. The molecule has 0 saturated heterocycles. The Bertz CT molecular complexity index is 524. The lowest BCUT2D eigenvalue weighted by atomic mass is 10.2. The van der Waals surface area contributed by atoms with E-state index in [1.54, 1.807) is 25.2 Å². The summed E-state index contributed by atoms with van der Waals surface area (Å²) in [5, 5.41) is 3.11. The maximum Gasteiger partial charge on any atom is 0.328 e. The van der Waals surface area contributed by atoms with E-state index in [0.29, 0.717) is 6.61 Å². The number of carbonyl (C=O) groups excluding carboxylic acids is 1. The summed E-state index contributed by atoms with van der Waals surface area (Å²) in [5.41, 5.74) is 3.69. The van der Waals surface area contributed by atoms with E-state index in [1.807, 2.05) is 23.7 Å². The fourth-order valence-electron chi connectivity index (χ4n) is 1.52. The standard InChI is InChI=1S/C12H14N2O2S/c1-3-16-12(15)8(2)14-9-4-5-10-11(6-9)17-7-13-10/h4-8,14H,3H2,1-2H3/t8-/m0/s1. The van der Waals surface area contributed by atoms with Crippen molar-refractivity contribution < 1.29 is 9.53 Å². The molecule has 17 heavy (non-hydrogen) atoms. The van der Waals surface area contributed by atoms with Crippen LogP contribution in [0.2, 0.25) is 0 Å². The van der Waals surface area contributed by atoms with E-state index in [0.717, 1.165) is 15.9 Å². The molecule has 1 atom stereocenters. The molecule has 90 valence electrons. The van der Waals surface area contributed by atoms with Crippen LogP contribution in [-0.4, -0.2) is 23.6 Å². The van der Waals surface area contributed by atoms with Crippen LogP contribution < -0.4 is 5.32 Å². The summed E-state index contributed by atoms with van der Waals surface area (Å²) >= 11 is 1.58. The number of nitrogens with one attached hydrogen (secondary N) is 1. The Morgan fingerprint density at radius 2 is 2.41 bits per heavy atom. The summed E-state index contributed by atoms with van der Waals surface area (Å²) in [4.78, 5) is 15.7. The summed E-state index contributed by atoms with van der Waals surface area (Å²) in [7, 11) is 0. The molecule has 1 heterocycles. The maximum absolute atomic E-state index is 11.5. The van der Waals surface area contributed by atoms with Crippen LogP contribution in [0.3, 0.4) is 0 Å². The number of aromatic nitrogens is 1. The molecule has 0 saturated carbocycles. The molecule has 2 rings (SSSR count). The molecule has 4 nitrogen and oxygen atoms in total. The van der Waals surface area contributed by atoms with Crippen LogP contribution >= 0.6 is 11.3 Å². The first-order chi connectivity index (χ1) is 8.20. The minimum Gasteiger partial charge on any atom is -0.464 e. The molecule has 2 aromatic rings. The number of nitrogens with zero attached hydrogens (tertiary/aromatic N) is 1. The van der Waals surface area contributed by atoms with Crippen molar-refractivity contribution in [3.05, 3.63) is 23.7 Å². The zero-order valence-corrected chi connectivity index (χ0v) is 10.6. The van der Waals surface area contributed by atoms with Gasteiger partial charge in [-0.05, 0) is 32.0 Å². The summed E-state index contributed by atoms with van der Waals surface area (Å²) in [5.74, 6) is -0.239. The lowest BCUT2D eigenvalue weighted by molar-refractivity contribution is -0.143. The van der Waals surface area contributed by atoms with Crippen molar-refractivity contribution in [2.75, 3.05) is 11.9 Å². The van der Waals surface area contributed by atoms with E-state index in [2.05, 4.69) is 10.3 Å². The average Bonchev–Trinajstić information content (AvgIpc) is 2.76. The van der Waals surface area contributed by atoms with Gasteiger partial charge in [0.15, 0.2) is 0 Å². The predicted molar refractivity (Wildman–Crippen MR) is 69.3 cm³/mol. The van der Waals surface area contributed by atoms with Gasteiger partial charge in [0.05, 0.1) is 22.3 Å². The van der Waals surface area contributed by atoms with E-state index in [9.17, 15) is 4.79 Å². The van der Waals surface area contributed by atoms with Crippen molar-refractivity contribution in [1.82, 2.24) is 4.98 Å². The molecular formula is C12H14N2O2S. The van der Waals surface area contributed by atoms with Crippen molar-refractivity contribution in [2.45, 2.75) is 19.9 Å². The van der Waals surface area contributed by atoms with E-state index in [4.69, 9.17) is 4.74 Å². The molecule has 1 aromatic carbocycles. The number of carbonyl (C=O) groups is 1. The lowest BCUT2D eigenvalue weighted by Crippen LogP contribution is -2.28. The number of fused-ring (bicyclic) bond motifs is 1. The van der Waals surface area contributed by atoms with Gasteiger partial charge in [0.25, 0.3) is 0 Å². The van der Waals surface area contributed by atoms with Crippen LogP contribution in [0.1, 0.15) is 13.8 Å². The number of rotatable bonds is 4. The number of ether oxygens (including phenoxy) is 1. The first-order valence-electron chi connectivity index (χ1n) is 5.47. The third-order valence-corrected chi connectivity index (χ3v) is 3.15. The molecule has 0 bridgehead atoms. The van der Waals surface area contributed by atoms with Gasteiger partial charge < -0.3 is 10.1 Å². The smallest absolute Gasteiger partial charge is 0.328 e. The van der Waals surface area contributed by atoms with E-state index < -0.39 is 0 Å². The molecule has 0 spiro atoms. The van der Waals surface area contributed by atoms with E-state index in [1.165, 1.54) is 0 Å². The second kappa shape index (κ2) is 5.14. The average molecular weight is 250 g/mol. The molecular weight excluding hydrogens is 236 g/mol. The SMILES string of the molecule is CCOC(=O)[C@H](C)Nc1ccc2ncsc2c1. The first-order valence-corrected chi connectivity index (χ1v) is 6.35. The molecule has 0 unspecified atom stereocenters. The van der Waals surface area contributed by atoms with Gasteiger partial charge in [-0.25, -0.2) is 9.78 Å². The Morgan fingerprint density at radius 1 is 1.59 bits per heavy atom. The first kappa shape index (κ1) is 11.9. The van der Waals surface area contributed by atoms with Gasteiger partial charge >= 0.3 is 5.97 Å². The number of benzene rings is 1. The number of hydrogen-bond donors (Lipinski definition) is 1. The Labute approximate surface area is 104 Å². The summed E-state index contributed by atoms with van der Waals surface area (Å²) in [6, 6.07) is 5.49. The van der Waals surface area contributed by atoms with Gasteiger partial charge in [0, 0.05) is 5.69 Å². The van der Waals surface area contributed by atoms with E-state index in [-0.39, 0.29) is 12.0 Å². The highest BCUT2D eigenvalue weighted by atomic mass is 32.1. The number of anilines is 1. The van der Waals surface area contributed by atoms with Crippen LogP contribution in [0.25, 0.3) is 10.2 Å². The minimum atomic E-state index is -0.347. The summed E-state index contributed by atoms with van der Waals surface area (Å²) in [6.45, 7) is 3.99. The van der Waals surface area contributed by atoms with Crippen LogP contribution in [0.5, 0.6) is 0 Å². The second-order valence-electron chi connectivity index (χ2n) is 3.65.